The summed E-state index contributed by atoms with van der Waals surface area (Å²) in [7, 11) is 1.66. The standard InChI is InChI=1S/C17H26N4O2S/c1-3-16(14-4-6-15(22-2)7-5-14)19-20-17(24)18-8-9-21-10-12-23-13-11-21/h4-7H,3,8-13H2,1-2H3,(H2,18,20,24)/p+1/b19-16-. The van der Waals surface area contributed by atoms with Gasteiger partial charge in [-0.15, -0.1) is 0 Å². The zero-order chi connectivity index (χ0) is 17.2. The van der Waals surface area contributed by atoms with Crippen molar-refractivity contribution >= 4 is 23.0 Å². The maximum atomic E-state index is 5.36. The minimum atomic E-state index is 0.558. The number of nitrogens with zero attached hydrogens (tertiary/aromatic N) is 1. The molecule has 0 unspecified atom stereocenters. The summed E-state index contributed by atoms with van der Waals surface area (Å²) in [5.41, 5.74) is 4.96. The quantitative estimate of drug-likeness (QED) is 0.372. The molecule has 6 nitrogen and oxygen atoms in total. The van der Waals surface area contributed by atoms with Crippen molar-refractivity contribution in [3.63, 3.8) is 0 Å². The largest absolute Gasteiger partial charge is 0.497 e. The second-order valence-corrected chi connectivity index (χ2v) is 6.03. The van der Waals surface area contributed by atoms with Gasteiger partial charge in [0.25, 0.3) is 0 Å². The van der Waals surface area contributed by atoms with Gasteiger partial charge < -0.3 is 19.7 Å². The van der Waals surface area contributed by atoms with Crippen LogP contribution in [0.15, 0.2) is 29.4 Å². The SMILES string of the molecule is CC/C(=N/NC(=S)NCC[NH+]1CCOCC1)c1ccc(OC)cc1. The van der Waals surface area contributed by atoms with Crippen LogP contribution in [0.5, 0.6) is 5.75 Å². The van der Waals surface area contributed by atoms with Gasteiger partial charge in [0.2, 0.25) is 0 Å². The third-order valence-corrected chi connectivity index (χ3v) is 4.25. The highest BCUT2D eigenvalue weighted by molar-refractivity contribution is 7.80. The van der Waals surface area contributed by atoms with Gasteiger partial charge in [0.05, 0.1) is 39.1 Å². The van der Waals surface area contributed by atoms with Crippen molar-refractivity contribution in [2.45, 2.75) is 13.3 Å². The van der Waals surface area contributed by atoms with Gasteiger partial charge in [-0.3, -0.25) is 5.43 Å². The lowest BCUT2D eigenvalue weighted by Crippen LogP contribution is -3.14. The predicted molar refractivity (Wildman–Crippen MR) is 99.9 cm³/mol. The van der Waals surface area contributed by atoms with Crippen LogP contribution in [0.2, 0.25) is 0 Å². The van der Waals surface area contributed by atoms with E-state index in [-0.39, 0.29) is 0 Å². The minimum absolute atomic E-state index is 0.558. The number of methoxy groups -OCH3 is 1. The Morgan fingerprint density at radius 2 is 2.00 bits per heavy atom. The van der Waals surface area contributed by atoms with Crippen molar-refractivity contribution in [3.8, 4) is 5.75 Å². The molecule has 1 aromatic rings. The average Bonchev–Trinajstić information content (AvgIpc) is 2.63. The van der Waals surface area contributed by atoms with Crippen LogP contribution < -0.4 is 20.4 Å². The summed E-state index contributed by atoms with van der Waals surface area (Å²) in [5, 5.41) is 8.20. The van der Waals surface area contributed by atoms with E-state index in [9.17, 15) is 0 Å². The van der Waals surface area contributed by atoms with Crippen molar-refractivity contribution in [3.05, 3.63) is 29.8 Å². The van der Waals surface area contributed by atoms with Gasteiger partial charge in [-0.2, -0.15) is 5.10 Å². The lowest BCUT2D eigenvalue weighted by Gasteiger charge is -2.23. The third kappa shape index (κ3) is 6.07. The molecule has 1 saturated heterocycles. The molecule has 1 aliphatic rings. The van der Waals surface area contributed by atoms with E-state index in [1.807, 2.05) is 24.3 Å². The van der Waals surface area contributed by atoms with Gasteiger partial charge >= 0.3 is 0 Å². The molecule has 132 valence electrons. The van der Waals surface area contributed by atoms with Gasteiger partial charge in [0.15, 0.2) is 5.11 Å². The first-order chi connectivity index (χ1) is 11.7. The molecular formula is C17H27N4O2S+. The topological polar surface area (TPSA) is 59.3 Å². The van der Waals surface area contributed by atoms with Crippen LogP contribution in [0.4, 0.5) is 0 Å². The molecule has 1 heterocycles. The van der Waals surface area contributed by atoms with E-state index in [0.717, 1.165) is 62.8 Å². The monoisotopic (exact) mass is 351 g/mol. The number of hydrogen-bond acceptors (Lipinski definition) is 4. The number of nitrogens with one attached hydrogen (secondary N) is 3. The Hall–Kier alpha value is -1.70. The number of hydrogen-bond donors (Lipinski definition) is 3. The van der Waals surface area contributed by atoms with Crippen LogP contribution in [-0.2, 0) is 4.74 Å². The zero-order valence-corrected chi connectivity index (χ0v) is 15.2. The second kappa shape index (κ2) is 10.2. The Bertz CT molecular complexity index is 542. The third-order valence-electron chi connectivity index (χ3n) is 4.01. The molecule has 1 fully saturated rings. The van der Waals surface area contributed by atoms with E-state index in [1.165, 1.54) is 0 Å². The molecule has 1 aliphatic heterocycles. The number of thiocarbonyl (C=S) groups is 1. The number of morpholine rings is 1. The molecule has 0 spiro atoms. The first kappa shape index (κ1) is 18.6. The smallest absolute Gasteiger partial charge is 0.187 e. The van der Waals surface area contributed by atoms with Crippen molar-refractivity contribution in [2.75, 3.05) is 46.5 Å². The summed E-state index contributed by atoms with van der Waals surface area (Å²) in [6.07, 6.45) is 0.819. The van der Waals surface area contributed by atoms with Crippen LogP contribution in [0.25, 0.3) is 0 Å². The first-order valence-corrected chi connectivity index (χ1v) is 8.80. The van der Waals surface area contributed by atoms with E-state index in [1.54, 1.807) is 12.0 Å². The van der Waals surface area contributed by atoms with Gasteiger partial charge in [0, 0.05) is 0 Å². The zero-order valence-electron chi connectivity index (χ0n) is 14.4. The predicted octanol–water partition coefficient (Wildman–Crippen LogP) is 0.189. The number of hydrazone groups is 1. The van der Waals surface area contributed by atoms with Gasteiger partial charge in [-0.1, -0.05) is 6.92 Å². The first-order valence-electron chi connectivity index (χ1n) is 8.39. The van der Waals surface area contributed by atoms with E-state index in [4.69, 9.17) is 21.7 Å². The molecule has 0 amide bonds. The Morgan fingerprint density at radius 1 is 1.29 bits per heavy atom. The second-order valence-electron chi connectivity index (χ2n) is 5.62. The fourth-order valence-electron chi connectivity index (χ4n) is 2.55. The van der Waals surface area contributed by atoms with Crippen molar-refractivity contribution in [1.82, 2.24) is 10.7 Å². The molecule has 3 N–H and O–H groups in total. The number of benzene rings is 1. The summed E-state index contributed by atoms with van der Waals surface area (Å²) in [4.78, 5) is 1.55. The molecule has 7 heteroatoms. The van der Waals surface area contributed by atoms with Crippen LogP contribution in [0, 0.1) is 0 Å². The van der Waals surface area contributed by atoms with Crippen molar-refractivity contribution in [1.29, 1.82) is 0 Å². The highest BCUT2D eigenvalue weighted by Gasteiger charge is 2.12. The molecule has 0 radical (unpaired) electrons. The average molecular weight is 351 g/mol. The van der Waals surface area contributed by atoms with Gasteiger partial charge in [-0.05, 0) is 48.5 Å². The Labute approximate surface area is 149 Å². The molecular weight excluding hydrogens is 324 g/mol. The minimum Gasteiger partial charge on any atom is -0.497 e. The Kier molecular flexibility index (Phi) is 7.94. The Morgan fingerprint density at radius 3 is 2.62 bits per heavy atom. The normalized spacial score (nSPS) is 15.8. The van der Waals surface area contributed by atoms with Crippen molar-refractivity contribution < 1.29 is 14.4 Å². The summed E-state index contributed by atoms with van der Waals surface area (Å²) in [5.74, 6) is 0.838. The number of ether oxygens (including phenoxy) is 2. The van der Waals surface area contributed by atoms with Gasteiger partial charge in [0.1, 0.15) is 18.8 Å². The molecule has 0 aromatic heterocycles. The van der Waals surface area contributed by atoms with Crippen molar-refractivity contribution in [2.24, 2.45) is 5.10 Å². The number of quaternary nitrogens is 1. The van der Waals surface area contributed by atoms with Crippen LogP contribution >= 0.6 is 12.2 Å². The molecule has 0 saturated carbocycles. The summed E-state index contributed by atoms with van der Waals surface area (Å²) in [6, 6.07) is 7.87. The molecule has 0 aliphatic carbocycles. The molecule has 24 heavy (non-hydrogen) atoms. The Balaban J connectivity index is 1.77. The lowest BCUT2D eigenvalue weighted by atomic mass is 10.1. The molecule has 1 aromatic carbocycles. The fourth-order valence-corrected chi connectivity index (χ4v) is 2.70. The lowest BCUT2D eigenvalue weighted by molar-refractivity contribution is -0.906. The molecule has 2 rings (SSSR count). The fraction of sp³-hybridized carbons (Fsp3) is 0.529. The van der Waals surface area contributed by atoms with E-state index in [2.05, 4.69) is 22.8 Å². The van der Waals surface area contributed by atoms with E-state index < -0.39 is 0 Å². The van der Waals surface area contributed by atoms with E-state index >= 15 is 0 Å². The summed E-state index contributed by atoms with van der Waals surface area (Å²) < 4.78 is 10.5. The van der Waals surface area contributed by atoms with Crippen LogP contribution in [0.3, 0.4) is 0 Å². The summed E-state index contributed by atoms with van der Waals surface area (Å²) in [6.45, 7) is 7.78. The maximum absolute atomic E-state index is 5.36. The highest BCUT2D eigenvalue weighted by Crippen LogP contribution is 2.13. The molecule has 0 bridgehead atoms. The van der Waals surface area contributed by atoms with Crippen LogP contribution in [-0.4, -0.2) is 57.3 Å². The molecule has 0 atom stereocenters. The maximum Gasteiger partial charge on any atom is 0.187 e. The van der Waals surface area contributed by atoms with Crippen LogP contribution in [0.1, 0.15) is 18.9 Å². The highest BCUT2D eigenvalue weighted by atomic mass is 32.1. The number of rotatable bonds is 7. The van der Waals surface area contributed by atoms with E-state index in [0.29, 0.717) is 5.11 Å². The van der Waals surface area contributed by atoms with Gasteiger partial charge in [-0.25, -0.2) is 0 Å². The summed E-state index contributed by atoms with van der Waals surface area (Å²) >= 11 is 5.29.